The van der Waals surface area contributed by atoms with Crippen LogP contribution in [0.1, 0.15) is 53.6 Å². The standard InChI is InChI=1S/C24H28N2O3/c1-5-19-6-10-21(11-7-19)16(2)25-24(27)14-20-8-12-22(13-9-20)28-15-23-17(3)26-29-18(23)4/h6-13,16H,5,14-15H2,1-4H3,(H,25,27). The first kappa shape index (κ1) is 20.6. The van der Waals surface area contributed by atoms with Gasteiger partial charge in [-0.05, 0) is 56.0 Å². The average molecular weight is 392 g/mol. The van der Waals surface area contributed by atoms with E-state index in [0.717, 1.165) is 40.3 Å². The zero-order valence-electron chi connectivity index (χ0n) is 17.5. The Kier molecular flexibility index (Phi) is 6.70. The molecule has 5 heteroatoms. The number of amides is 1. The third-order valence-corrected chi connectivity index (χ3v) is 5.12. The van der Waals surface area contributed by atoms with E-state index in [4.69, 9.17) is 9.26 Å². The number of carbonyl (C=O) groups is 1. The van der Waals surface area contributed by atoms with Crippen LogP contribution in [0.3, 0.4) is 0 Å². The zero-order chi connectivity index (χ0) is 20.8. The van der Waals surface area contributed by atoms with Gasteiger partial charge in [0, 0.05) is 0 Å². The summed E-state index contributed by atoms with van der Waals surface area (Å²) in [6.45, 7) is 8.32. The number of benzene rings is 2. The molecule has 0 aliphatic rings. The number of ether oxygens (including phenoxy) is 1. The average Bonchev–Trinajstić information content (AvgIpc) is 3.05. The van der Waals surface area contributed by atoms with Gasteiger partial charge in [0.1, 0.15) is 18.1 Å². The Balaban J connectivity index is 1.51. The molecule has 3 aromatic rings. The molecular weight excluding hydrogens is 364 g/mol. The van der Waals surface area contributed by atoms with E-state index in [2.05, 4.69) is 41.7 Å². The maximum absolute atomic E-state index is 12.4. The number of nitrogens with zero attached hydrogens (tertiary/aromatic N) is 1. The Morgan fingerprint density at radius 2 is 1.72 bits per heavy atom. The molecule has 0 spiro atoms. The predicted octanol–water partition coefficient (Wildman–Crippen LogP) is 4.85. The molecule has 0 fully saturated rings. The predicted molar refractivity (Wildman–Crippen MR) is 113 cm³/mol. The number of hydrogen-bond donors (Lipinski definition) is 1. The lowest BCUT2D eigenvalue weighted by Crippen LogP contribution is -2.28. The topological polar surface area (TPSA) is 64.4 Å². The fourth-order valence-corrected chi connectivity index (χ4v) is 3.17. The van der Waals surface area contributed by atoms with Gasteiger partial charge in [-0.2, -0.15) is 0 Å². The van der Waals surface area contributed by atoms with E-state index in [1.54, 1.807) is 0 Å². The molecule has 3 rings (SSSR count). The SMILES string of the molecule is CCc1ccc(C(C)NC(=O)Cc2ccc(OCc3c(C)noc3C)cc2)cc1. The van der Waals surface area contributed by atoms with Crippen LogP contribution in [0.5, 0.6) is 5.75 Å². The van der Waals surface area contributed by atoms with Gasteiger partial charge < -0.3 is 14.6 Å². The van der Waals surface area contributed by atoms with Crippen molar-refractivity contribution >= 4 is 5.91 Å². The van der Waals surface area contributed by atoms with E-state index in [-0.39, 0.29) is 11.9 Å². The van der Waals surface area contributed by atoms with Crippen molar-refractivity contribution in [2.45, 2.75) is 53.2 Å². The van der Waals surface area contributed by atoms with Crippen LogP contribution in [0.2, 0.25) is 0 Å². The lowest BCUT2D eigenvalue weighted by molar-refractivity contribution is -0.121. The van der Waals surface area contributed by atoms with E-state index in [1.165, 1.54) is 5.56 Å². The van der Waals surface area contributed by atoms with Crippen LogP contribution in [0.25, 0.3) is 0 Å². The third kappa shape index (κ3) is 5.47. The minimum atomic E-state index is -0.0222. The normalized spacial score (nSPS) is 11.9. The summed E-state index contributed by atoms with van der Waals surface area (Å²) in [4.78, 5) is 12.4. The van der Waals surface area contributed by atoms with Gasteiger partial charge in [-0.3, -0.25) is 4.79 Å². The van der Waals surface area contributed by atoms with Gasteiger partial charge in [0.05, 0.1) is 23.7 Å². The molecule has 1 N–H and O–H groups in total. The van der Waals surface area contributed by atoms with Crippen LogP contribution in [0.15, 0.2) is 53.1 Å². The van der Waals surface area contributed by atoms with Crippen molar-refractivity contribution in [3.8, 4) is 5.75 Å². The molecule has 0 bridgehead atoms. The highest BCUT2D eigenvalue weighted by atomic mass is 16.5. The Bertz CT molecular complexity index is 924. The molecule has 0 saturated carbocycles. The van der Waals surface area contributed by atoms with Crippen molar-refractivity contribution in [2.24, 2.45) is 0 Å². The van der Waals surface area contributed by atoms with Gasteiger partial charge >= 0.3 is 0 Å². The maximum Gasteiger partial charge on any atom is 0.224 e. The van der Waals surface area contributed by atoms with Crippen LogP contribution < -0.4 is 10.1 Å². The van der Waals surface area contributed by atoms with Crippen LogP contribution >= 0.6 is 0 Å². The first-order valence-electron chi connectivity index (χ1n) is 9.98. The van der Waals surface area contributed by atoms with E-state index >= 15 is 0 Å². The first-order valence-corrected chi connectivity index (χ1v) is 9.98. The fourth-order valence-electron chi connectivity index (χ4n) is 3.17. The molecule has 29 heavy (non-hydrogen) atoms. The lowest BCUT2D eigenvalue weighted by atomic mass is 10.0. The quantitative estimate of drug-likeness (QED) is 0.595. The largest absolute Gasteiger partial charge is 0.489 e. The van der Waals surface area contributed by atoms with E-state index in [0.29, 0.717) is 13.0 Å². The number of aryl methyl sites for hydroxylation is 3. The highest BCUT2D eigenvalue weighted by Gasteiger charge is 2.11. The molecule has 1 heterocycles. The summed E-state index contributed by atoms with van der Waals surface area (Å²) in [6.07, 6.45) is 1.35. The zero-order valence-corrected chi connectivity index (χ0v) is 17.5. The van der Waals surface area contributed by atoms with Crippen LogP contribution in [0.4, 0.5) is 0 Å². The monoisotopic (exact) mass is 392 g/mol. The highest BCUT2D eigenvalue weighted by Crippen LogP contribution is 2.19. The second-order valence-electron chi connectivity index (χ2n) is 7.30. The Hall–Kier alpha value is -3.08. The Morgan fingerprint density at radius 1 is 1.07 bits per heavy atom. The lowest BCUT2D eigenvalue weighted by Gasteiger charge is -2.15. The highest BCUT2D eigenvalue weighted by molar-refractivity contribution is 5.79. The number of rotatable bonds is 8. The van der Waals surface area contributed by atoms with Gasteiger partial charge in [-0.25, -0.2) is 0 Å². The molecule has 152 valence electrons. The summed E-state index contributed by atoms with van der Waals surface area (Å²) in [5.74, 6) is 1.52. The molecule has 0 aliphatic carbocycles. The van der Waals surface area contributed by atoms with Crippen molar-refractivity contribution in [1.82, 2.24) is 10.5 Å². The molecule has 0 aliphatic heterocycles. The van der Waals surface area contributed by atoms with Crippen molar-refractivity contribution in [3.63, 3.8) is 0 Å². The smallest absolute Gasteiger partial charge is 0.224 e. The van der Waals surface area contributed by atoms with Gasteiger partial charge in [0.15, 0.2) is 0 Å². The molecule has 2 aromatic carbocycles. The van der Waals surface area contributed by atoms with Crippen molar-refractivity contribution in [3.05, 3.63) is 82.2 Å². The minimum absolute atomic E-state index is 0.00135. The summed E-state index contributed by atoms with van der Waals surface area (Å²) >= 11 is 0. The van der Waals surface area contributed by atoms with E-state index < -0.39 is 0 Å². The molecule has 0 radical (unpaired) electrons. The van der Waals surface area contributed by atoms with Crippen LogP contribution in [0, 0.1) is 13.8 Å². The van der Waals surface area contributed by atoms with Crippen LogP contribution in [-0.4, -0.2) is 11.1 Å². The number of nitrogens with one attached hydrogen (secondary N) is 1. The van der Waals surface area contributed by atoms with Crippen molar-refractivity contribution in [2.75, 3.05) is 0 Å². The number of carbonyl (C=O) groups excluding carboxylic acids is 1. The molecule has 1 unspecified atom stereocenters. The Labute approximate surface area is 172 Å². The maximum atomic E-state index is 12.4. The van der Waals surface area contributed by atoms with Crippen molar-refractivity contribution in [1.29, 1.82) is 0 Å². The summed E-state index contributed by atoms with van der Waals surface area (Å²) in [6, 6.07) is 16.0. The minimum Gasteiger partial charge on any atom is -0.489 e. The third-order valence-electron chi connectivity index (χ3n) is 5.12. The van der Waals surface area contributed by atoms with Gasteiger partial charge in [-0.1, -0.05) is 48.5 Å². The fraction of sp³-hybridized carbons (Fsp3) is 0.333. The second-order valence-corrected chi connectivity index (χ2v) is 7.30. The molecule has 1 aromatic heterocycles. The summed E-state index contributed by atoms with van der Waals surface area (Å²) in [5, 5.41) is 7.00. The van der Waals surface area contributed by atoms with Crippen LogP contribution in [-0.2, 0) is 24.2 Å². The summed E-state index contributed by atoms with van der Waals surface area (Å²) < 4.78 is 11.0. The number of hydrogen-bond acceptors (Lipinski definition) is 4. The molecule has 5 nitrogen and oxygen atoms in total. The Morgan fingerprint density at radius 3 is 2.31 bits per heavy atom. The molecule has 1 amide bonds. The number of aromatic nitrogens is 1. The van der Waals surface area contributed by atoms with E-state index in [1.807, 2.05) is 45.0 Å². The van der Waals surface area contributed by atoms with Gasteiger partial charge in [0.25, 0.3) is 0 Å². The first-order chi connectivity index (χ1) is 14.0. The van der Waals surface area contributed by atoms with Gasteiger partial charge in [0.2, 0.25) is 5.91 Å². The second kappa shape index (κ2) is 9.41. The molecule has 1 atom stereocenters. The summed E-state index contributed by atoms with van der Waals surface area (Å²) in [7, 11) is 0. The summed E-state index contributed by atoms with van der Waals surface area (Å²) in [5.41, 5.74) is 5.16. The van der Waals surface area contributed by atoms with E-state index in [9.17, 15) is 4.79 Å². The van der Waals surface area contributed by atoms with Gasteiger partial charge in [-0.15, -0.1) is 0 Å². The molecule has 0 saturated heterocycles. The molecular formula is C24H28N2O3. The van der Waals surface area contributed by atoms with Crippen molar-refractivity contribution < 1.29 is 14.1 Å².